The van der Waals surface area contributed by atoms with Gasteiger partial charge in [-0.1, -0.05) is 6.58 Å². The molecule has 0 bridgehead atoms. The highest BCUT2D eigenvalue weighted by atomic mass is 16.5. The summed E-state index contributed by atoms with van der Waals surface area (Å²) in [5.74, 6) is 0.452. The van der Waals surface area contributed by atoms with Crippen LogP contribution >= 0.6 is 0 Å². The van der Waals surface area contributed by atoms with Crippen LogP contribution in [0.2, 0.25) is 0 Å². The summed E-state index contributed by atoms with van der Waals surface area (Å²) >= 11 is 0. The van der Waals surface area contributed by atoms with E-state index in [1.165, 1.54) is 7.11 Å². The molecule has 0 saturated heterocycles. The Morgan fingerprint density at radius 3 is 2.55 bits per heavy atom. The van der Waals surface area contributed by atoms with Crippen LogP contribution in [0.25, 0.3) is 0 Å². The molecule has 0 spiro atoms. The lowest BCUT2D eigenvalue weighted by Gasteiger charge is -2.04. The van der Waals surface area contributed by atoms with Crippen LogP contribution in [-0.2, 0) is 4.74 Å². The maximum Gasteiger partial charge on any atom is 0.136 e. The van der Waals surface area contributed by atoms with Gasteiger partial charge in [-0.25, -0.2) is 0 Å². The van der Waals surface area contributed by atoms with E-state index in [-0.39, 0.29) is 0 Å². The van der Waals surface area contributed by atoms with Gasteiger partial charge in [0, 0.05) is 6.21 Å². The molecular weight excluding hydrogens is 140 g/mol. The molecule has 0 atom stereocenters. The average molecular weight is 154 g/mol. The number of ether oxygens (including phenoxy) is 1. The molecule has 11 heavy (non-hydrogen) atoms. The van der Waals surface area contributed by atoms with Crippen LogP contribution in [0.15, 0.2) is 28.7 Å². The number of aliphatic imine (C=N–C) groups is 1. The van der Waals surface area contributed by atoms with E-state index in [9.17, 15) is 0 Å². The molecule has 2 N–H and O–H groups in total. The molecule has 0 saturated carbocycles. The van der Waals surface area contributed by atoms with Gasteiger partial charge in [0.2, 0.25) is 0 Å². The molecule has 0 aliphatic heterocycles. The summed E-state index contributed by atoms with van der Waals surface area (Å²) in [7, 11) is 1.53. The van der Waals surface area contributed by atoms with Crippen molar-refractivity contribution in [1.29, 1.82) is 0 Å². The largest absolute Gasteiger partial charge is 0.495 e. The quantitative estimate of drug-likeness (QED) is 0.379. The average Bonchev–Trinajstić information content (AvgIpc) is 2.02. The van der Waals surface area contributed by atoms with Crippen molar-refractivity contribution in [1.82, 2.24) is 0 Å². The molecule has 3 nitrogen and oxygen atoms in total. The Bertz CT molecular complexity index is 204. The Morgan fingerprint density at radius 1 is 1.64 bits per heavy atom. The molecule has 0 unspecified atom stereocenters. The van der Waals surface area contributed by atoms with Crippen molar-refractivity contribution in [2.45, 2.75) is 13.8 Å². The fourth-order valence-electron chi connectivity index (χ4n) is 0.575. The highest BCUT2D eigenvalue weighted by molar-refractivity contribution is 5.55. The van der Waals surface area contributed by atoms with E-state index in [0.29, 0.717) is 11.5 Å². The molecule has 3 heteroatoms. The van der Waals surface area contributed by atoms with Gasteiger partial charge in [-0.2, -0.15) is 0 Å². The molecule has 0 heterocycles. The number of rotatable bonds is 3. The Kier molecular flexibility index (Phi) is 4.03. The molecule has 0 aliphatic carbocycles. The topological polar surface area (TPSA) is 47.6 Å². The lowest BCUT2D eigenvalue weighted by atomic mass is 10.3. The molecule has 0 aromatic carbocycles. The summed E-state index contributed by atoms with van der Waals surface area (Å²) in [4.78, 5) is 3.98. The molecule has 0 fully saturated rings. The van der Waals surface area contributed by atoms with E-state index in [2.05, 4.69) is 11.6 Å². The van der Waals surface area contributed by atoms with Crippen molar-refractivity contribution in [3.8, 4) is 0 Å². The van der Waals surface area contributed by atoms with E-state index >= 15 is 0 Å². The van der Waals surface area contributed by atoms with Crippen molar-refractivity contribution in [2.24, 2.45) is 10.7 Å². The Hall–Kier alpha value is -1.25. The lowest BCUT2D eigenvalue weighted by Crippen LogP contribution is -2.04. The van der Waals surface area contributed by atoms with E-state index in [1.54, 1.807) is 13.1 Å². The fraction of sp³-hybridized carbons (Fsp3) is 0.375. The van der Waals surface area contributed by atoms with Crippen molar-refractivity contribution in [3.05, 3.63) is 23.7 Å². The number of nitrogens with zero attached hydrogens (tertiary/aromatic N) is 1. The molecule has 0 aromatic heterocycles. The number of methoxy groups -OCH3 is 1. The maximum absolute atomic E-state index is 5.60. The second kappa shape index (κ2) is 4.55. The van der Waals surface area contributed by atoms with Gasteiger partial charge in [-0.05, 0) is 13.8 Å². The summed E-state index contributed by atoms with van der Waals surface area (Å²) in [5, 5.41) is 0. The third-order valence-electron chi connectivity index (χ3n) is 1.26. The predicted octanol–water partition coefficient (Wildman–Crippen LogP) is 1.43. The number of nitrogens with two attached hydrogens (primary N) is 1. The first-order chi connectivity index (χ1) is 5.13. The van der Waals surface area contributed by atoms with Crippen LogP contribution in [-0.4, -0.2) is 13.3 Å². The van der Waals surface area contributed by atoms with Crippen LogP contribution in [0, 0.1) is 0 Å². The van der Waals surface area contributed by atoms with Crippen molar-refractivity contribution in [3.63, 3.8) is 0 Å². The summed E-state index contributed by atoms with van der Waals surface area (Å²) in [6, 6.07) is 0. The molecule has 0 rings (SSSR count). The van der Waals surface area contributed by atoms with Gasteiger partial charge >= 0.3 is 0 Å². The Balaban J connectivity index is 4.51. The number of hydrogen-bond acceptors (Lipinski definition) is 3. The van der Waals surface area contributed by atoms with Crippen LogP contribution in [0.4, 0.5) is 0 Å². The van der Waals surface area contributed by atoms with Crippen LogP contribution in [0.1, 0.15) is 13.8 Å². The molecule has 62 valence electrons. The highest BCUT2D eigenvalue weighted by Crippen LogP contribution is 2.07. The minimum atomic E-state index is 0.452. The molecular formula is C8H14N2O. The van der Waals surface area contributed by atoms with Crippen LogP contribution in [0.5, 0.6) is 0 Å². The third kappa shape index (κ3) is 2.89. The molecule has 0 aromatic rings. The second-order valence-corrected chi connectivity index (χ2v) is 2.01. The van der Waals surface area contributed by atoms with Crippen molar-refractivity contribution in [2.75, 3.05) is 7.11 Å². The number of hydrogen-bond donors (Lipinski definition) is 1. The normalized spacial score (nSPS) is 13.0. The predicted molar refractivity (Wildman–Crippen MR) is 47.2 cm³/mol. The summed E-state index contributed by atoms with van der Waals surface area (Å²) < 4.78 is 4.83. The Labute approximate surface area is 67.3 Å². The van der Waals surface area contributed by atoms with Crippen molar-refractivity contribution < 1.29 is 4.74 Å². The summed E-state index contributed by atoms with van der Waals surface area (Å²) in [6.07, 6.45) is 1.67. The standard InChI is InChI=1S/C8H14N2O/c1-5-10-6(2)8(9)7(3)11-4/h5H,3,9H2,1-2,4H3/b8-6+,10-5-. The first-order valence-corrected chi connectivity index (χ1v) is 3.31. The summed E-state index contributed by atoms with van der Waals surface area (Å²) in [5.41, 5.74) is 6.81. The highest BCUT2D eigenvalue weighted by Gasteiger charge is 1.99. The zero-order valence-electron chi connectivity index (χ0n) is 7.22. The van der Waals surface area contributed by atoms with Gasteiger partial charge in [0.05, 0.1) is 18.5 Å². The van der Waals surface area contributed by atoms with Crippen LogP contribution in [0.3, 0.4) is 0 Å². The summed E-state index contributed by atoms with van der Waals surface area (Å²) in [6.45, 7) is 7.23. The molecule has 0 amide bonds. The van der Waals surface area contributed by atoms with Gasteiger partial charge in [-0.3, -0.25) is 4.99 Å². The monoisotopic (exact) mass is 154 g/mol. The minimum Gasteiger partial charge on any atom is -0.495 e. The lowest BCUT2D eigenvalue weighted by molar-refractivity contribution is 0.301. The van der Waals surface area contributed by atoms with E-state index in [1.807, 2.05) is 6.92 Å². The van der Waals surface area contributed by atoms with Crippen LogP contribution < -0.4 is 5.73 Å². The Morgan fingerprint density at radius 2 is 2.18 bits per heavy atom. The third-order valence-corrected chi connectivity index (χ3v) is 1.26. The first kappa shape index (κ1) is 9.75. The van der Waals surface area contributed by atoms with E-state index in [4.69, 9.17) is 10.5 Å². The smallest absolute Gasteiger partial charge is 0.136 e. The van der Waals surface area contributed by atoms with Gasteiger partial charge in [-0.15, -0.1) is 0 Å². The minimum absolute atomic E-state index is 0.452. The van der Waals surface area contributed by atoms with Gasteiger partial charge in [0.15, 0.2) is 0 Å². The maximum atomic E-state index is 5.60. The zero-order chi connectivity index (χ0) is 8.85. The van der Waals surface area contributed by atoms with Gasteiger partial charge in [0.25, 0.3) is 0 Å². The van der Waals surface area contributed by atoms with Gasteiger partial charge in [0.1, 0.15) is 5.76 Å². The SMILES string of the molecule is C=C(OC)/C(N)=C(C)\N=C/C. The zero-order valence-corrected chi connectivity index (χ0v) is 7.22. The second-order valence-electron chi connectivity index (χ2n) is 2.01. The number of allylic oxidation sites excluding steroid dienone is 1. The molecule has 0 radical (unpaired) electrons. The first-order valence-electron chi connectivity index (χ1n) is 3.31. The molecule has 0 aliphatic rings. The fourth-order valence-corrected chi connectivity index (χ4v) is 0.575. The van der Waals surface area contributed by atoms with E-state index < -0.39 is 0 Å². The van der Waals surface area contributed by atoms with E-state index in [0.717, 1.165) is 5.70 Å². The van der Waals surface area contributed by atoms with Gasteiger partial charge < -0.3 is 10.5 Å². The van der Waals surface area contributed by atoms with Crippen molar-refractivity contribution >= 4 is 6.21 Å².